The normalized spacial score (nSPS) is 15.8. The number of aromatic nitrogens is 2. The lowest BCUT2D eigenvalue weighted by Crippen LogP contribution is -2.24. The molecule has 9 heteroatoms. The number of amides is 1. The molecule has 1 aliphatic rings. The summed E-state index contributed by atoms with van der Waals surface area (Å²) >= 11 is 6.22. The van der Waals surface area contributed by atoms with Gasteiger partial charge in [-0.2, -0.15) is 4.98 Å². The Hall–Kier alpha value is -3.26. The third-order valence-corrected chi connectivity index (χ3v) is 5.54. The highest BCUT2D eigenvalue weighted by Crippen LogP contribution is 2.36. The van der Waals surface area contributed by atoms with E-state index in [-0.39, 0.29) is 18.2 Å². The quantitative estimate of drug-likeness (QED) is 0.483. The van der Waals surface area contributed by atoms with Crippen molar-refractivity contribution in [3.05, 3.63) is 47.3 Å². The van der Waals surface area contributed by atoms with Crippen molar-refractivity contribution in [1.82, 2.24) is 10.1 Å². The number of benzene rings is 2. The average Bonchev–Trinajstić information content (AvgIpc) is 3.44. The number of halogens is 1. The second kappa shape index (κ2) is 9.48. The zero-order valence-corrected chi connectivity index (χ0v) is 18.9. The van der Waals surface area contributed by atoms with Crippen LogP contribution >= 0.6 is 11.6 Å². The van der Waals surface area contributed by atoms with Gasteiger partial charge in [-0.15, -0.1) is 0 Å². The van der Waals surface area contributed by atoms with E-state index < -0.39 is 0 Å². The largest absolute Gasteiger partial charge is 0.495 e. The van der Waals surface area contributed by atoms with Crippen LogP contribution in [-0.2, 0) is 4.79 Å². The Kier molecular flexibility index (Phi) is 6.50. The molecule has 2 aromatic carbocycles. The molecule has 0 bridgehead atoms. The number of ether oxygens (including phenoxy) is 3. The van der Waals surface area contributed by atoms with Crippen LogP contribution in [0.5, 0.6) is 17.2 Å². The molecule has 32 heavy (non-hydrogen) atoms. The van der Waals surface area contributed by atoms with Crippen LogP contribution in [0.25, 0.3) is 11.4 Å². The van der Waals surface area contributed by atoms with Crippen molar-refractivity contribution in [3.8, 4) is 28.6 Å². The van der Waals surface area contributed by atoms with Crippen molar-refractivity contribution in [2.75, 3.05) is 32.3 Å². The van der Waals surface area contributed by atoms with Gasteiger partial charge in [0.2, 0.25) is 17.6 Å². The van der Waals surface area contributed by atoms with Crippen LogP contribution in [0.4, 0.5) is 5.69 Å². The second-order valence-corrected chi connectivity index (χ2v) is 7.80. The van der Waals surface area contributed by atoms with Crippen molar-refractivity contribution in [2.45, 2.75) is 25.7 Å². The minimum atomic E-state index is -0.210. The molecule has 0 aliphatic carbocycles. The van der Waals surface area contributed by atoms with Gasteiger partial charge in [-0.05, 0) is 42.8 Å². The minimum absolute atomic E-state index is 0.0323. The maximum absolute atomic E-state index is 12.6. The van der Waals surface area contributed by atoms with Crippen molar-refractivity contribution < 1.29 is 23.5 Å². The molecule has 1 fully saturated rings. The van der Waals surface area contributed by atoms with Gasteiger partial charge in [-0.1, -0.05) is 23.7 Å². The molecule has 3 aromatic rings. The fraction of sp³-hybridized carbons (Fsp3) is 0.348. The summed E-state index contributed by atoms with van der Waals surface area (Å²) in [6.45, 7) is 3.07. The molecule has 0 spiro atoms. The SMILES string of the molecule is CCCOc1ccc(-c2noc(C3CC(=O)N(c4ccc(OC)c(Cl)c4)C3)n2)cc1OC. The van der Waals surface area contributed by atoms with Gasteiger partial charge in [0.05, 0.1) is 31.8 Å². The average molecular weight is 458 g/mol. The summed E-state index contributed by atoms with van der Waals surface area (Å²) in [5.41, 5.74) is 1.44. The first-order chi connectivity index (χ1) is 15.5. The topological polar surface area (TPSA) is 86.9 Å². The minimum Gasteiger partial charge on any atom is -0.495 e. The fourth-order valence-corrected chi connectivity index (χ4v) is 3.85. The van der Waals surface area contributed by atoms with E-state index in [9.17, 15) is 4.79 Å². The van der Waals surface area contributed by atoms with Gasteiger partial charge in [0.15, 0.2) is 11.5 Å². The van der Waals surface area contributed by atoms with Gasteiger partial charge in [0.25, 0.3) is 0 Å². The predicted molar refractivity (Wildman–Crippen MR) is 120 cm³/mol. The molecule has 4 rings (SSSR count). The summed E-state index contributed by atoms with van der Waals surface area (Å²) in [7, 11) is 3.14. The van der Waals surface area contributed by atoms with Gasteiger partial charge in [0.1, 0.15) is 5.75 Å². The van der Waals surface area contributed by atoms with Crippen LogP contribution < -0.4 is 19.1 Å². The molecule has 2 heterocycles. The zero-order chi connectivity index (χ0) is 22.7. The van der Waals surface area contributed by atoms with E-state index in [2.05, 4.69) is 10.1 Å². The monoisotopic (exact) mass is 457 g/mol. The molecule has 0 saturated carbocycles. The molecule has 0 N–H and O–H groups in total. The highest BCUT2D eigenvalue weighted by molar-refractivity contribution is 6.32. The Bertz CT molecular complexity index is 1120. The molecule has 1 amide bonds. The molecule has 0 radical (unpaired) electrons. The lowest BCUT2D eigenvalue weighted by Gasteiger charge is -2.17. The molecule has 1 atom stereocenters. The van der Waals surface area contributed by atoms with Crippen LogP contribution in [0.2, 0.25) is 5.02 Å². The van der Waals surface area contributed by atoms with Crippen LogP contribution in [0.15, 0.2) is 40.9 Å². The first-order valence-corrected chi connectivity index (χ1v) is 10.7. The van der Waals surface area contributed by atoms with Gasteiger partial charge < -0.3 is 23.6 Å². The maximum atomic E-state index is 12.6. The van der Waals surface area contributed by atoms with Gasteiger partial charge in [-0.3, -0.25) is 4.79 Å². The fourth-order valence-electron chi connectivity index (χ4n) is 3.60. The van der Waals surface area contributed by atoms with Gasteiger partial charge in [-0.25, -0.2) is 0 Å². The lowest BCUT2D eigenvalue weighted by atomic mass is 10.1. The first-order valence-electron chi connectivity index (χ1n) is 10.3. The number of anilines is 1. The van der Waals surface area contributed by atoms with E-state index in [0.29, 0.717) is 52.8 Å². The number of nitrogens with zero attached hydrogens (tertiary/aromatic N) is 3. The van der Waals surface area contributed by atoms with Crippen molar-refractivity contribution in [2.24, 2.45) is 0 Å². The Morgan fingerprint density at radius 1 is 1.12 bits per heavy atom. The van der Waals surface area contributed by atoms with E-state index in [1.165, 1.54) is 0 Å². The number of methoxy groups -OCH3 is 2. The lowest BCUT2D eigenvalue weighted by molar-refractivity contribution is -0.117. The van der Waals surface area contributed by atoms with E-state index in [1.807, 2.05) is 25.1 Å². The Labute approximate surface area is 191 Å². The summed E-state index contributed by atoms with van der Waals surface area (Å²) in [4.78, 5) is 18.8. The van der Waals surface area contributed by atoms with E-state index in [4.69, 9.17) is 30.3 Å². The Balaban J connectivity index is 1.52. The number of carbonyl (C=O) groups excluding carboxylic acids is 1. The van der Waals surface area contributed by atoms with Crippen LogP contribution in [0.1, 0.15) is 31.6 Å². The van der Waals surface area contributed by atoms with Crippen molar-refractivity contribution >= 4 is 23.2 Å². The zero-order valence-electron chi connectivity index (χ0n) is 18.1. The number of hydrogen-bond acceptors (Lipinski definition) is 7. The first kappa shape index (κ1) is 22.0. The molecule has 168 valence electrons. The van der Waals surface area contributed by atoms with Crippen LogP contribution in [0, 0.1) is 0 Å². The van der Waals surface area contributed by atoms with Crippen LogP contribution in [-0.4, -0.2) is 43.4 Å². The predicted octanol–water partition coefficient (Wildman–Crippen LogP) is 4.72. The summed E-state index contributed by atoms with van der Waals surface area (Å²) in [6, 6.07) is 10.8. The molecule has 1 saturated heterocycles. The Morgan fingerprint density at radius 3 is 2.62 bits per heavy atom. The molecule has 8 nitrogen and oxygen atoms in total. The maximum Gasteiger partial charge on any atom is 0.232 e. The molecular weight excluding hydrogens is 434 g/mol. The Morgan fingerprint density at radius 2 is 1.91 bits per heavy atom. The number of rotatable bonds is 8. The molecule has 1 aliphatic heterocycles. The van der Waals surface area contributed by atoms with E-state index >= 15 is 0 Å². The third-order valence-electron chi connectivity index (χ3n) is 5.25. The van der Waals surface area contributed by atoms with Crippen molar-refractivity contribution in [1.29, 1.82) is 0 Å². The van der Waals surface area contributed by atoms with Gasteiger partial charge in [0, 0.05) is 24.2 Å². The van der Waals surface area contributed by atoms with Crippen LogP contribution in [0.3, 0.4) is 0 Å². The number of hydrogen-bond donors (Lipinski definition) is 0. The highest BCUT2D eigenvalue weighted by Gasteiger charge is 2.35. The molecular formula is C23H24ClN3O5. The summed E-state index contributed by atoms with van der Waals surface area (Å²) in [5.74, 6) is 2.42. The molecule has 1 aromatic heterocycles. The standard InChI is InChI=1S/C23H24ClN3O5/c1-4-9-31-19-7-5-14(10-20(19)30-3)22-25-23(32-26-22)15-11-21(28)27(13-15)16-6-8-18(29-2)17(24)12-16/h5-8,10,12,15H,4,9,11,13H2,1-3H3. The summed E-state index contributed by atoms with van der Waals surface area (Å²) in [6.07, 6.45) is 1.18. The summed E-state index contributed by atoms with van der Waals surface area (Å²) in [5, 5.41) is 4.55. The van der Waals surface area contributed by atoms with Gasteiger partial charge >= 0.3 is 0 Å². The third kappa shape index (κ3) is 4.36. The highest BCUT2D eigenvalue weighted by atomic mass is 35.5. The summed E-state index contributed by atoms with van der Waals surface area (Å²) < 4.78 is 21.8. The smallest absolute Gasteiger partial charge is 0.232 e. The van der Waals surface area contributed by atoms with E-state index in [0.717, 1.165) is 12.0 Å². The molecule has 1 unspecified atom stereocenters. The number of carbonyl (C=O) groups is 1. The van der Waals surface area contributed by atoms with Crippen molar-refractivity contribution in [3.63, 3.8) is 0 Å². The van der Waals surface area contributed by atoms with E-state index in [1.54, 1.807) is 37.3 Å². The second-order valence-electron chi connectivity index (χ2n) is 7.39.